The van der Waals surface area contributed by atoms with Crippen LogP contribution in [0.3, 0.4) is 0 Å². The molecule has 1 aliphatic heterocycles. The van der Waals surface area contributed by atoms with Crippen LogP contribution >= 0.6 is 15.9 Å². The van der Waals surface area contributed by atoms with Gasteiger partial charge in [0.25, 0.3) is 0 Å². The fraction of sp³-hybridized carbons (Fsp3) is 0.562. The molecule has 1 fully saturated rings. The molecule has 0 aliphatic carbocycles. The highest BCUT2D eigenvalue weighted by Gasteiger charge is 2.26. The van der Waals surface area contributed by atoms with Crippen molar-refractivity contribution in [1.82, 2.24) is 19.5 Å². The predicted molar refractivity (Wildman–Crippen MR) is 96.9 cm³/mol. The topological polar surface area (TPSA) is 79.8 Å². The highest BCUT2D eigenvalue weighted by molar-refractivity contribution is 9.10. The first-order valence-corrected chi connectivity index (χ1v) is 9.04. The number of halogens is 1. The molecule has 0 saturated carbocycles. The maximum absolute atomic E-state index is 12.4. The molecule has 0 radical (unpaired) electrons. The fourth-order valence-electron chi connectivity index (χ4n) is 3.00. The lowest BCUT2D eigenvalue weighted by molar-refractivity contribution is -0.133. The molecule has 0 bridgehead atoms. The molecule has 2 N–H and O–H groups in total. The normalized spacial score (nSPS) is 16.9. The van der Waals surface area contributed by atoms with Crippen LogP contribution in [-0.4, -0.2) is 57.6 Å². The molecule has 1 saturated heterocycles. The highest BCUT2D eigenvalue weighted by Crippen LogP contribution is 2.18. The molecule has 130 valence electrons. The minimum absolute atomic E-state index is 0.0594. The molecule has 0 spiro atoms. The zero-order chi connectivity index (χ0) is 17.3. The fourth-order valence-corrected chi connectivity index (χ4v) is 3.37. The van der Waals surface area contributed by atoms with Gasteiger partial charge in [0, 0.05) is 26.2 Å². The van der Waals surface area contributed by atoms with Crippen molar-refractivity contribution < 1.29 is 4.79 Å². The van der Waals surface area contributed by atoms with Crippen molar-refractivity contribution in [3.63, 3.8) is 0 Å². The molecule has 1 aliphatic rings. The SMILES string of the molecule is CC(C)CC(N)C(=O)N1CCN(c2ccc3ncc(Br)n3n2)CC1. The molecule has 3 heterocycles. The molecular formula is C16H23BrN6O. The Labute approximate surface area is 149 Å². The summed E-state index contributed by atoms with van der Waals surface area (Å²) in [5, 5.41) is 4.61. The molecule has 8 heteroatoms. The lowest BCUT2D eigenvalue weighted by Gasteiger charge is -2.36. The number of piperazine rings is 1. The third-order valence-electron chi connectivity index (χ3n) is 4.26. The van der Waals surface area contributed by atoms with Gasteiger partial charge in [-0.05, 0) is 40.4 Å². The van der Waals surface area contributed by atoms with Crippen molar-refractivity contribution in [1.29, 1.82) is 0 Å². The van der Waals surface area contributed by atoms with E-state index in [-0.39, 0.29) is 5.91 Å². The number of nitrogens with zero attached hydrogens (tertiary/aromatic N) is 5. The van der Waals surface area contributed by atoms with Gasteiger partial charge in [0.2, 0.25) is 5.91 Å². The van der Waals surface area contributed by atoms with Gasteiger partial charge in [-0.1, -0.05) is 13.8 Å². The number of nitrogens with two attached hydrogens (primary N) is 1. The van der Waals surface area contributed by atoms with E-state index in [9.17, 15) is 4.79 Å². The lowest BCUT2D eigenvalue weighted by Crippen LogP contribution is -2.53. The number of anilines is 1. The second-order valence-corrected chi connectivity index (χ2v) is 7.40. The Kier molecular flexibility index (Phi) is 5.05. The molecule has 1 amide bonds. The van der Waals surface area contributed by atoms with E-state index in [1.54, 1.807) is 10.7 Å². The third kappa shape index (κ3) is 3.54. The van der Waals surface area contributed by atoms with Gasteiger partial charge in [-0.25, -0.2) is 9.50 Å². The first-order valence-electron chi connectivity index (χ1n) is 8.25. The van der Waals surface area contributed by atoms with Gasteiger partial charge in [-0.15, -0.1) is 5.10 Å². The lowest BCUT2D eigenvalue weighted by atomic mass is 10.0. The summed E-state index contributed by atoms with van der Waals surface area (Å²) >= 11 is 3.44. The van der Waals surface area contributed by atoms with Crippen LogP contribution in [0.15, 0.2) is 22.9 Å². The summed E-state index contributed by atoms with van der Waals surface area (Å²) in [5.41, 5.74) is 6.83. The zero-order valence-electron chi connectivity index (χ0n) is 14.0. The van der Waals surface area contributed by atoms with Gasteiger partial charge in [0.1, 0.15) is 10.4 Å². The van der Waals surface area contributed by atoms with Gasteiger partial charge in [-0.2, -0.15) is 0 Å². The molecule has 0 aromatic carbocycles. The number of rotatable bonds is 4. The molecule has 1 atom stereocenters. The van der Waals surface area contributed by atoms with Crippen molar-refractivity contribution in [3.8, 4) is 0 Å². The van der Waals surface area contributed by atoms with Crippen molar-refractivity contribution >= 4 is 33.3 Å². The van der Waals surface area contributed by atoms with E-state index in [1.807, 2.05) is 17.0 Å². The number of amides is 1. The van der Waals surface area contributed by atoms with E-state index in [2.05, 4.69) is 44.8 Å². The number of fused-ring (bicyclic) bond motifs is 1. The maximum atomic E-state index is 12.4. The molecule has 7 nitrogen and oxygen atoms in total. The summed E-state index contributed by atoms with van der Waals surface area (Å²) in [6, 6.07) is 3.52. The van der Waals surface area contributed by atoms with Crippen LogP contribution < -0.4 is 10.6 Å². The molecule has 24 heavy (non-hydrogen) atoms. The smallest absolute Gasteiger partial charge is 0.239 e. The Morgan fingerprint density at radius 3 is 2.67 bits per heavy atom. The second-order valence-electron chi connectivity index (χ2n) is 6.59. The summed E-state index contributed by atoms with van der Waals surface area (Å²) in [5.74, 6) is 1.37. The van der Waals surface area contributed by atoms with Crippen molar-refractivity contribution in [2.75, 3.05) is 31.1 Å². The summed E-state index contributed by atoms with van der Waals surface area (Å²) in [6.07, 6.45) is 2.46. The monoisotopic (exact) mass is 394 g/mol. The van der Waals surface area contributed by atoms with Crippen LogP contribution in [0.4, 0.5) is 5.82 Å². The van der Waals surface area contributed by atoms with Crippen LogP contribution in [0.5, 0.6) is 0 Å². The highest BCUT2D eigenvalue weighted by atomic mass is 79.9. The first-order chi connectivity index (χ1) is 11.5. The summed E-state index contributed by atoms with van der Waals surface area (Å²) < 4.78 is 2.60. The van der Waals surface area contributed by atoms with Crippen LogP contribution in [0.2, 0.25) is 0 Å². The van der Waals surface area contributed by atoms with E-state index in [0.717, 1.165) is 35.6 Å². The quantitative estimate of drug-likeness (QED) is 0.849. The number of aromatic nitrogens is 3. The predicted octanol–water partition coefficient (Wildman–Crippen LogP) is 1.51. The van der Waals surface area contributed by atoms with E-state index < -0.39 is 6.04 Å². The van der Waals surface area contributed by atoms with Crippen molar-refractivity contribution in [3.05, 3.63) is 22.9 Å². The van der Waals surface area contributed by atoms with Gasteiger partial charge < -0.3 is 15.5 Å². The number of carbonyl (C=O) groups is 1. The van der Waals surface area contributed by atoms with Crippen molar-refractivity contribution in [2.45, 2.75) is 26.3 Å². The Morgan fingerprint density at radius 1 is 1.29 bits per heavy atom. The second kappa shape index (κ2) is 7.06. The Bertz CT molecular complexity index is 722. The van der Waals surface area contributed by atoms with Crippen LogP contribution in [0.25, 0.3) is 5.65 Å². The standard InChI is InChI=1S/C16H23BrN6O/c1-11(2)9-12(18)16(24)22-7-5-21(6-8-22)15-4-3-14-19-10-13(17)23(14)20-15/h3-4,10-12H,5-9,18H2,1-2H3. The number of carbonyl (C=O) groups excluding carboxylic acids is 1. The summed E-state index contributed by atoms with van der Waals surface area (Å²) in [4.78, 5) is 20.7. The van der Waals surface area contributed by atoms with E-state index in [1.165, 1.54) is 0 Å². The van der Waals surface area contributed by atoms with Crippen LogP contribution in [0.1, 0.15) is 20.3 Å². The molecule has 2 aromatic rings. The maximum Gasteiger partial charge on any atom is 0.239 e. The minimum atomic E-state index is -0.395. The average molecular weight is 395 g/mol. The Hall–Kier alpha value is -1.67. The summed E-state index contributed by atoms with van der Waals surface area (Å²) in [7, 11) is 0. The number of hydrogen-bond acceptors (Lipinski definition) is 5. The summed E-state index contributed by atoms with van der Waals surface area (Å²) in [6.45, 7) is 7.03. The van der Waals surface area contributed by atoms with E-state index >= 15 is 0 Å². The minimum Gasteiger partial charge on any atom is -0.352 e. The molecule has 3 rings (SSSR count). The van der Waals surface area contributed by atoms with Crippen LogP contribution in [0, 0.1) is 5.92 Å². The third-order valence-corrected chi connectivity index (χ3v) is 4.81. The first kappa shape index (κ1) is 17.2. The Morgan fingerprint density at radius 2 is 2.00 bits per heavy atom. The average Bonchev–Trinajstić information content (AvgIpc) is 2.94. The van der Waals surface area contributed by atoms with Crippen LogP contribution in [-0.2, 0) is 4.79 Å². The molecule has 2 aromatic heterocycles. The van der Waals surface area contributed by atoms with Gasteiger partial charge >= 0.3 is 0 Å². The van der Waals surface area contributed by atoms with E-state index in [4.69, 9.17) is 5.73 Å². The number of hydrogen-bond donors (Lipinski definition) is 1. The van der Waals surface area contributed by atoms with Gasteiger partial charge in [0.15, 0.2) is 5.65 Å². The number of imidazole rings is 1. The molecule has 1 unspecified atom stereocenters. The largest absolute Gasteiger partial charge is 0.352 e. The van der Waals surface area contributed by atoms with Gasteiger partial charge in [-0.3, -0.25) is 4.79 Å². The molecular weight excluding hydrogens is 372 g/mol. The zero-order valence-corrected chi connectivity index (χ0v) is 15.6. The van der Waals surface area contributed by atoms with Gasteiger partial charge in [0.05, 0.1) is 12.2 Å². The Balaban J connectivity index is 1.63. The van der Waals surface area contributed by atoms with E-state index in [0.29, 0.717) is 19.0 Å². The van der Waals surface area contributed by atoms with Crippen molar-refractivity contribution in [2.24, 2.45) is 11.7 Å².